The summed E-state index contributed by atoms with van der Waals surface area (Å²) in [6, 6.07) is 8.09. The molecule has 3 heterocycles. The van der Waals surface area contributed by atoms with Crippen LogP contribution in [0.2, 0.25) is 5.15 Å². The van der Waals surface area contributed by atoms with Gasteiger partial charge in [-0.3, -0.25) is 9.69 Å². The van der Waals surface area contributed by atoms with E-state index < -0.39 is 0 Å². The van der Waals surface area contributed by atoms with Crippen LogP contribution in [0.4, 0.5) is 10.1 Å². The Morgan fingerprint density at radius 3 is 2.81 bits per heavy atom. The van der Waals surface area contributed by atoms with Crippen LogP contribution in [0.25, 0.3) is 0 Å². The Kier molecular flexibility index (Phi) is 4.74. The van der Waals surface area contributed by atoms with Crippen molar-refractivity contribution in [2.45, 2.75) is 18.3 Å². The van der Waals surface area contributed by atoms with Crippen molar-refractivity contribution in [3.05, 3.63) is 71.3 Å². The van der Waals surface area contributed by atoms with Gasteiger partial charge in [0.2, 0.25) is 0 Å². The third-order valence-electron chi connectivity index (χ3n) is 5.72. The molecule has 1 aromatic heterocycles. The molecule has 1 fully saturated rings. The maximum atomic E-state index is 14.1. The molecule has 0 aliphatic carbocycles. The highest BCUT2D eigenvalue weighted by atomic mass is 35.5. The van der Waals surface area contributed by atoms with Gasteiger partial charge >= 0.3 is 0 Å². The molecule has 0 radical (unpaired) electrons. The highest BCUT2D eigenvalue weighted by Gasteiger charge is 2.46. The maximum absolute atomic E-state index is 14.1. The van der Waals surface area contributed by atoms with E-state index >= 15 is 0 Å². The summed E-state index contributed by atoms with van der Waals surface area (Å²) in [6.07, 6.45) is 5.22. The number of anilines is 1. The first kappa shape index (κ1) is 18.1. The molecule has 1 amide bonds. The second-order valence-corrected chi connectivity index (χ2v) is 7.62. The van der Waals surface area contributed by atoms with Crippen molar-refractivity contribution in [2.75, 3.05) is 31.1 Å². The van der Waals surface area contributed by atoms with Crippen molar-refractivity contribution in [1.82, 2.24) is 9.88 Å². The summed E-state index contributed by atoms with van der Waals surface area (Å²) >= 11 is 6.15. The van der Waals surface area contributed by atoms with Crippen molar-refractivity contribution in [1.29, 1.82) is 0 Å². The van der Waals surface area contributed by atoms with Crippen LogP contribution in [0.1, 0.15) is 28.8 Å². The van der Waals surface area contributed by atoms with Crippen LogP contribution in [0.3, 0.4) is 0 Å². The molecule has 2 aromatic rings. The van der Waals surface area contributed by atoms with Crippen LogP contribution < -0.4 is 4.90 Å². The zero-order valence-electron chi connectivity index (χ0n) is 15.0. The minimum atomic E-state index is -0.268. The molecule has 1 saturated heterocycles. The van der Waals surface area contributed by atoms with E-state index in [1.165, 1.54) is 6.07 Å². The zero-order chi connectivity index (χ0) is 19.0. The van der Waals surface area contributed by atoms with Crippen LogP contribution in [0, 0.1) is 5.82 Å². The largest absolute Gasteiger partial charge is 0.307 e. The van der Waals surface area contributed by atoms with Gasteiger partial charge in [0.1, 0.15) is 11.0 Å². The first-order valence-corrected chi connectivity index (χ1v) is 9.47. The highest BCUT2D eigenvalue weighted by molar-refractivity contribution is 6.33. The normalized spacial score (nSPS) is 18.5. The summed E-state index contributed by atoms with van der Waals surface area (Å²) in [7, 11) is 0. The van der Waals surface area contributed by atoms with Gasteiger partial charge in [-0.05, 0) is 61.8 Å². The van der Waals surface area contributed by atoms with Crippen LogP contribution in [-0.4, -0.2) is 42.0 Å². The number of aromatic nitrogens is 1. The average Bonchev–Trinajstić information content (AvgIpc) is 2.97. The number of piperidine rings is 1. The molecule has 140 valence electrons. The second kappa shape index (κ2) is 7.06. The van der Waals surface area contributed by atoms with Crippen LogP contribution in [-0.2, 0) is 5.41 Å². The first-order chi connectivity index (χ1) is 13.0. The predicted octanol–water partition coefficient (Wildman–Crippen LogP) is 4.05. The van der Waals surface area contributed by atoms with Gasteiger partial charge < -0.3 is 4.90 Å². The van der Waals surface area contributed by atoms with Crippen molar-refractivity contribution < 1.29 is 9.18 Å². The number of hydrogen-bond acceptors (Lipinski definition) is 3. The third kappa shape index (κ3) is 3.15. The van der Waals surface area contributed by atoms with Gasteiger partial charge in [-0.15, -0.1) is 6.58 Å². The molecule has 6 heteroatoms. The zero-order valence-corrected chi connectivity index (χ0v) is 15.8. The van der Waals surface area contributed by atoms with E-state index in [9.17, 15) is 9.18 Å². The number of pyridine rings is 1. The number of nitrogens with zero attached hydrogens (tertiary/aromatic N) is 3. The lowest BCUT2D eigenvalue weighted by Gasteiger charge is -2.39. The van der Waals surface area contributed by atoms with Crippen molar-refractivity contribution >= 4 is 23.2 Å². The number of benzene rings is 1. The van der Waals surface area contributed by atoms with E-state index in [0.29, 0.717) is 12.1 Å². The molecule has 0 bridgehead atoms. The Labute approximate surface area is 163 Å². The van der Waals surface area contributed by atoms with Crippen molar-refractivity contribution in [3.63, 3.8) is 0 Å². The number of carbonyl (C=O) groups excluding carboxylic acids is 1. The molecule has 27 heavy (non-hydrogen) atoms. The van der Waals surface area contributed by atoms with Crippen molar-refractivity contribution in [2.24, 2.45) is 0 Å². The number of carbonyl (C=O) groups is 1. The molecular formula is C21H21ClFN3O. The smallest absolute Gasteiger partial charge is 0.261 e. The summed E-state index contributed by atoms with van der Waals surface area (Å²) in [5.41, 5.74) is 1.85. The predicted molar refractivity (Wildman–Crippen MR) is 105 cm³/mol. The topological polar surface area (TPSA) is 36.4 Å². The molecule has 4 rings (SSSR count). The molecule has 0 atom stereocenters. The fourth-order valence-corrected chi connectivity index (χ4v) is 4.49. The van der Waals surface area contributed by atoms with E-state index in [0.717, 1.165) is 43.7 Å². The van der Waals surface area contributed by atoms with Gasteiger partial charge in [0.15, 0.2) is 0 Å². The monoisotopic (exact) mass is 385 g/mol. The average molecular weight is 386 g/mol. The number of amides is 1. The van der Waals surface area contributed by atoms with E-state index in [-0.39, 0.29) is 22.3 Å². The van der Waals surface area contributed by atoms with Gasteiger partial charge in [-0.1, -0.05) is 17.7 Å². The third-order valence-corrected chi connectivity index (χ3v) is 6.02. The lowest BCUT2D eigenvalue weighted by Crippen LogP contribution is -2.46. The molecule has 4 nitrogen and oxygen atoms in total. The minimum Gasteiger partial charge on any atom is -0.307 e. The van der Waals surface area contributed by atoms with E-state index in [4.69, 9.17) is 11.6 Å². The van der Waals surface area contributed by atoms with Gasteiger partial charge in [0.05, 0.1) is 5.56 Å². The summed E-state index contributed by atoms with van der Waals surface area (Å²) < 4.78 is 14.1. The quantitative estimate of drug-likeness (QED) is 0.590. The highest BCUT2D eigenvalue weighted by Crippen LogP contribution is 2.47. The molecule has 0 unspecified atom stereocenters. The first-order valence-electron chi connectivity index (χ1n) is 9.10. The van der Waals surface area contributed by atoms with E-state index in [2.05, 4.69) is 16.5 Å². The number of halogens is 2. The Morgan fingerprint density at radius 2 is 2.11 bits per heavy atom. The molecule has 1 spiro atoms. The fraction of sp³-hybridized carbons (Fsp3) is 0.333. The number of rotatable bonds is 3. The molecule has 0 saturated carbocycles. The SMILES string of the molecule is C=CCN1CCC2(CC1)CN(C(=O)c1cccnc1Cl)c1ccc(F)cc12. The number of fused-ring (bicyclic) bond motifs is 2. The standard InChI is InChI=1S/C21H21ClFN3O/c1-2-10-25-11-7-21(8-12-25)14-26(18-6-5-15(23)13-17(18)21)20(27)16-4-3-9-24-19(16)22/h2-6,9,13H,1,7-8,10-12,14H2. The Bertz CT molecular complexity index is 893. The minimum absolute atomic E-state index is 0.188. The number of hydrogen-bond donors (Lipinski definition) is 0. The summed E-state index contributed by atoms with van der Waals surface area (Å²) in [6.45, 7) is 6.99. The van der Waals surface area contributed by atoms with E-state index in [1.54, 1.807) is 35.4 Å². The fourth-order valence-electron chi connectivity index (χ4n) is 4.29. The molecule has 2 aliphatic heterocycles. The lowest BCUT2D eigenvalue weighted by atomic mass is 9.74. The van der Waals surface area contributed by atoms with Gasteiger partial charge in [-0.2, -0.15) is 0 Å². The Hall–Kier alpha value is -2.24. The molecular weight excluding hydrogens is 365 g/mol. The molecule has 0 N–H and O–H groups in total. The van der Waals surface area contributed by atoms with Gasteiger partial charge in [-0.25, -0.2) is 9.37 Å². The van der Waals surface area contributed by atoms with Crippen molar-refractivity contribution in [3.8, 4) is 0 Å². The van der Waals surface area contributed by atoms with Crippen LogP contribution in [0.15, 0.2) is 49.2 Å². The Balaban J connectivity index is 1.70. The van der Waals surface area contributed by atoms with Gasteiger partial charge in [0, 0.05) is 30.4 Å². The summed E-state index contributed by atoms with van der Waals surface area (Å²) in [5, 5.41) is 0.188. The summed E-state index contributed by atoms with van der Waals surface area (Å²) in [4.78, 5) is 21.3. The summed E-state index contributed by atoms with van der Waals surface area (Å²) in [5.74, 6) is -0.457. The van der Waals surface area contributed by atoms with E-state index in [1.807, 2.05) is 6.08 Å². The second-order valence-electron chi connectivity index (χ2n) is 7.26. The van der Waals surface area contributed by atoms with Crippen LogP contribution >= 0.6 is 11.6 Å². The number of likely N-dealkylation sites (tertiary alicyclic amines) is 1. The lowest BCUT2D eigenvalue weighted by molar-refractivity contribution is 0.0977. The van der Waals surface area contributed by atoms with Gasteiger partial charge in [0.25, 0.3) is 5.91 Å². The Morgan fingerprint density at radius 1 is 1.33 bits per heavy atom. The van der Waals surface area contributed by atoms with Crippen LogP contribution in [0.5, 0.6) is 0 Å². The maximum Gasteiger partial charge on any atom is 0.261 e. The molecule has 1 aromatic carbocycles. The molecule has 2 aliphatic rings.